The first-order valence-electron chi connectivity index (χ1n) is 7.06. The monoisotopic (exact) mass is 281 g/mol. The molecular weight excluding hydrogens is 262 g/mol. The van der Waals surface area contributed by atoms with Gasteiger partial charge in [0.25, 0.3) is 0 Å². The molecule has 0 unspecified atom stereocenters. The van der Waals surface area contributed by atoms with Crippen molar-refractivity contribution >= 4 is 27.9 Å². The third-order valence-electron chi connectivity index (χ3n) is 3.41. The lowest BCUT2D eigenvalue weighted by Crippen LogP contribution is -2.21. The summed E-state index contributed by atoms with van der Waals surface area (Å²) in [6.07, 6.45) is 1.85. The van der Waals surface area contributed by atoms with Gasteiger partial charge < -0.3 is 10.2 Å². The van der Waals surface area contributed by atoms with Crippen LogP contribution in [0.4, 0.5) is 5.82 Å². The normalized spacial score (nSPS) is 11.4. The SMILES string of the molecule is Cc1cnc(NCCN(C)C)c2nc3ccccc3nc12. The van der Waals surface area contributed by atoms with Gasteiger partial charge in [0.15, 0.2) is 5.82 Å². The van der Waals surface area contributed by atoms with Gasteiger partial charge in [-0.05, 0) is 38.7 Å². The molecule has 0 aliphatic carbocycles. The topological polar surface area (TPSA) is 53.9 Å². The first kappa shape index (κ1) is 13.7. The number of hydrogen-bond acceptors (Lipinski definition) is 5. The minimum atomic E-state index is 0.802. The maximum atomic E-state index is 4.74. The van der Waals surface area contributed by atoms with E-state index in [0.29, 0.717) is 0 Å². The zero-order valence-corrected chi connectivity index (χ0v) is 12.6. The average Bonchev–Trinajstić information content (AvgIpc) is 2.48. The van der Waals surface area contributed by atoms with E-state index in [9.17, 15) is 0 Å². The largest absolute Gasteiger partial charge is 0.367 e. The zero-order chi connectivity index (χ0) is 14.8. The summed E-state index contributed by atoms with van der Waals surface area (Å²) in [5.74, 6) is 0.802. The summed E-state index contributed by atoms with van der Waals surface area (Å²) in [6, 6.07) is 7.93. The van der Waals surface area contributed by atoms with Crippen LogP contribution in [0.3, 0.4) is 0 Å². The van der Waals surface area contributed by atoms with Crippen LogP contribution >= 0.6 is 0 Å². The molecule has 0 aliphatic heterocycles. The van der Waals surface area contributed by atoms with Gasteiger partial charge in [-0.1, -0.05) is 12.1 Å². The Morgan fingerprint density at radius 2 is 1.71 bits per heavy atom. The molecular formula is C16H19N5. The number of hydrogen-bond donors (Lipinski definition) is 1. The second kappa shape index (κ2) is 5.61. The van der Waals surface area contributed by atoms with Gasteiger partial charge in [-0.15, -0.1) is 0 Å². The summed E-state index contributed by atoms with van der Waals surface area (Å²) in [4.78, 5) is 16.1. The van der Waals surface area contributed by atoms with Crippen LogP contribution in [0.1, 0.15) is 5.56 Å². The summed E-state index contributed by atoms with van der Waals surface area (Å²) in [5, 5.41) is 3.36. The second-order valence-electron chi connectivity index (χ2n) is 5.43. The molecule has 0 atom stereocenters. The van der Waals surface area contributed by atoms with Crippen molar-refractivity contribution in [2.45, 2.75) is 6.92 Å². The average molecular weight is 281 g/mol. The van der Waals surface area contributed by atoms with E-state index < -0.39 is 0 Å². The number of nitrogens with one attached hydrogen (secondary N) is 1. The Balaban J connectivity index is 2.08. The third-order valence-corrected chi connectivity index (χ3v) is 3.41. The number of pyridine rings is 1. The van der Waals surface area contributed by atoms with Crippen LogP contribution in [0.25, 0.3) is 22.1 Å². The van der Waals surface area contributed by atoms with E-state index in [1.165, 1.54) is 0 Å². The van der Waals surface area contributed by atoms with Gasteiger partial charge >= 0.3 is 0 Å². The number of aryl methyl sites for hydroxylation is 1. The number of rotatable bonds is 4. The lowest BCUT2D eigenvalue weighted by atomic mass is 10.2. The molecule has 1 N–H and O–H groups in total. The molecule has 5 heteroatoms. The Morgan fingerprint density at radius 3 is 2.38 bits per heavy atom. The Bertz CT molecular complexity index is 782. The third kappa shape index (κ3) is 2.78. The number of anilines is 1. The van der Waals surface area contributed by atoms with Gasteiger partial charge in [-0.25, -0.2) is 15.0 Å². The van der Waals surface area contributed by atoms with Crippen molar-refractivity contribution in [3.8, 4) is 0 Å². The first-order chi connectivity index (χ1) is 10.1. The van der Waals surface area contributed by atoms with Crippen molar-refractivity contribution in [2.24, 2.45) is 0 Å². The smallest absolute Gasteiger partial charge is 0.154 e. The Hall–Kier alpha value is -2.27. The fraction of sp³-hybridized carbons (Fsp3) is 0.312. The Kier molecular flexibility index (Phi) is 3.66. The highest BCUT2D eigenvalue weighted by atomic mass is 15.1. The van der Waals surface area contributed by atoms with Crippen molar-refractivity contribution in [1.82, 2.24) is 19.9 Å². The van der Waals surface area contributed by atoms with Crippen molar-refractivity contribution in [3.63, 3.8) is 0 Å². The highest BCUT2D eigenvalue weighted by molar-refractivity contribution is 5.93. The van der Waals surface area contributed by atoms with Crippen LogP contribution in [0.2, 0.25) is 0 Å². The number of aromatic nitrogens is 3. The predicted octanol–water partition coefficient (Wildman–Crippen LogP) is 2.46. The van der Waals surface area contributed by atoms with Crippen LogP contribution in [-0.4, -0.2) is 47.0 Å². The fourth-order valence-corrected chi connectivity index (χ4v) is 2.25. The van der Waals surface area contributed by atoms with Crippen molar-refractivity contribution in [1.29, 1.82) is 0 Å². The van der Waals surface area contributed by atoms with Gasteiger partial charge in [0, 0.05) is 19.3 Å². The minimum absolute atomic E-state index is 0.802. The highest BCUT2D eigenvalue weighted by Gasteiger charge is 2.09. The summed E-state index contributed by atoms with van der Waals surface area (Å²) >= 11 is 0. The van der Waals surface area contributed by atoms with Gasteiger partial charge in [0.2, 0.25) is 0 Å². The summed E-state index contributed by atoms with van der Waals surface area (Å²) in [6.45, 7) is 3.78. The summed E-state index contributed by atoms with van der Waals surface area (Å²) in [7, 11) is 4.10. The molecule has 0 spiro atoms. The molecule has 1 aromatic carbocycles. The van der Waals surface area contributed by atoms with Crippen LogP contribution in [-0.2, 0) is 0 Å². The Morgan fingerprint density at radius 1 is 1.05 bits per heavy atom. The van der Waals surface area contributed by atoms with E-state index in [4.69, 9.17) is 9.97 Å². The molecule has 0 aliphatic rings. The van der Waals surface area contributed by atoms with E-state index in [1.54, 1.807) is 0 Å². The molecule has 0 bridgehead atoms. The van der Waals surface area contributed by atoms with Crippen LogP contribution < -0.4 is 5.32 Å². The van der Waals surface area contributed by atoms with Crippen molar-refractivity contribution in [2.75, 3.05) is 32.5 Å². The molecule has 0 saturated heterocycles. The highest BCUT2D eigenvalue weighted by Crippen LogP contribution is 2.23. The molecule has 21 heavy (non-hydrogen) atoms. The molecule has 3 aromatic rings. The number of para-hydroxylation sites is 2. The van der Waals surface area contributed by atoms with Gasteiger partial charge in [-0.3, -0.25) is 0 Å². The number of nitrogens with zero attached hydrogens (tertiary/aromatic N) is 4. The van der Waals surface area contributed by atoms with Crippen molar-refractivity contribution in [3.05, 3.63) is 36.0 Å². The lowest BCUT2D eigenvalue weighted by Gasteiger charge is -2.13. The number of benzene rings is 1. The van der Waals surface area contributed by atoms with Crippen LogP contribution in [0.15, 0.2) is 30.5 Å². The summed E-state index contributed by atoms with van der Waals surface area (Å²) in [5.41, 5.74) is 4.61. The zero-order valence-electron chi connectivity index (χ0n) is 12.6. The fourth-order valence-electron chi connectivity index (χ4n) is 2.25. The second-order valence-corrected chi connectivity index (χ2v) is 5.43. The van der Waals surface area contributed by atoms with Gasteiger partial charge in [0.05, 0.1) is 16.6 Å². The van der Waals surface area contributed by atoms with E-state index in [0.717, 1.165) is 46.5 Å². The number of likely N-dealkylation sites (N-methyl/N-ethyl adjacent to an activating group) is 1. The van der Waals surface area contributed by atoms with E-state index in [2.05, 4.69) is 29.3 Å². The van der Waals surface area contributed by atoms with E-state index >= 15 is 0 Å². The van der Waals surface area contributed by atoms with E-state index in [1.807, 2.05) is 37.4 Å². The molecule has 0 amide bonds. The molecule has 0 fully saturated rings. The van der Waals surface area contributed by atoms with Crippen molar-refractivity contribution < 1.29 is 0 Å². The van der Waals surface area contributed by atoms with Crippen LogP contribution in [0.5, 0.6) is 0 Å². The molecule has 2 aromatic heterocycles. The standard InChI is InChI=1S/C16H19N5/c1-11-10-18-16(17-8-9-21(2)3)15-14(11)19-12-6-4-5-7-13(12)20-15/h4-7,10H,8-9H2,1-3H3,(H,17,18). The first-order valence-corrected chi connectivity index (χ1v) is 7.06. The minimum Gasteiger partial charge on any atom is -0.367 e. The van der Waals surface area contributed by atoms with Gasteiger partial charge in [-0.2, -0.15) is 0 Å². The lowest BCUT2D eigenvalue weighted by molar-refractivity contribution is 0.425. The van der Waals surface area contributed by atoms with Crippen LogP contribution in [0, 0.1) is 6.92 Å². The molecule has 2 heterocycles. The maximum Gasteiger partial charge on any atom is 0.154 e. The molecule has 5 nitrogen and oxygen atoms in total. The molecule has 3 rings (SSSR count). The molecule has 108 valence electrons. The number of fused-ring (bicyclic) bond motifs is 2. The molecule has 0 saturated carbocycles. The van der Waals surface area contributed by atoms with E-state index in [-0.39, 0.29) is 0 Å². The molecule has 0 radical (unpaired) electrons. The summed E-state index contributed by atoms with van der Waals surface area (Å²) < 4.78 is 0. The maximum absolute atomic E-state index is 4.74. The predicted molar refractivity (Wildman–Crippen MR) is 86.6 cm³/mol. The van der Waals surface area contributed by atoms with Gasteiger partial charge in [0.1, 0.15) is 5.52 Å². The quantitative estimate of drug-likeness (QED) is 0.744. The Labute approximate surface area is 124 Å².